The third-order valence-electron chi connectivity index (χ3n) is 3.20. The van der Waals surface area contributed by atoms with Crippen molar-refractivity contribution in [1.82, 2.24) is 5.32 Å². The monoisotopic (exact) mass is 293 g/mol. The lowest BCUT2D eigenvalue weighted by Crippen LogP contribution is -2.23. The average Bonchev–Trinajstić information content (AvgIpc) is 2.93. The molecule has 0 amide bonds. The Morgan fingerprint density at radius 2 is 2.11 bits per heavy atom. The van der Waals surface area contributed by atoms with Crippen molar-refractivity contribution < 1.29 is 4.21 Å². The maximum atomic E-state index is 12.3. The van der Waals surface area contributed by atoms with Crippen LogP contribution in [0, 0.1) is 13.8 Å². The summed E-state index contributed by atoms with van der Waals surface area (Å²) in [5, 5.41) is 5.26. The van der Waals surface area contributed by atoms with Crippen LogP contribution in [-0.4, -0.2) is 17.0 Å². The molecule has 1 N–H and O–H groups in total. The van der Waals surface area contributed by atoms with Crippen LogP contribution in [0.4, 0.5) is 0 Å². The standard InChI is InChI=1S/C15H19NOS2/c1-11-6-7-12(2)13(9-11)14(16-3)10-19(17)15-5-4-8-18-15/h4-9,14,16H,10H2,1-3H3. The maximum absolute atomic E-state index is 12.3. The molecule has 0 bridgehead atoms. The van der Waals surface area contributed by atoms with Crippen molar-refractivity contribution in [3.8, 4) is 0 Å². The molecule has 0 saturated heterocycles. The van der Waals surface area contributed by atoms with Crippen molar-refractivity contribution in [2.45, 2.75) is 24.1 Å². The van der Waals surface area contributed by atoms with Gasteiger partial charge in [-0.1, -0.05) is 29.8 Å². The maximum Gasteiger partial charge on any atom is 0.0911 e. The highest BCUT2D eigenvalue weighted by atomic mass is 32.2. The summed E-state index contributed by atoms with van der Waals surface area (Å²) in [6.45, 7) is 4.19. The molecule has 1 aromatic heterocycles. The molecule has 2 aromatic rings. The van der Waals surface area contributed by atoms with Gasteiger partial charge in [-0.15, -0.1) is 11.3 Å². The van der Waals surface area contributed by atoms with Crippen LogP contribution in [0.5, 0.6) is 0 Å². The average molecular weight is 293 g/mol. The lowest BCUT2D eigenvalue weighted by molar-refractivity contribution is 0.633. The molecule has 0 aliphatic carbocycles. The number of nitrogens with one attached hydrogen (secondary N) is 1. The van der Waals surface area contributed by atoms with E-state index in [0.717, 1.165) is 4.21 Å². The van der Waals surface area contributed by atoms with Crippen LogP contribution in [0.1, 0.15) is 22.7 Å². The largest absolute Gasteiger partial charge is 0.312 e. The fourth-order valence-corrected chi connectivity index (χ4v) is 4.38. The second-order valence-corrected chi connectivity index (χ2v) is 7.32. The zero-order chi connectivity index (χ0) is 13.8. The van der Waals surface area contributed by atoms with Crippen LogP contribution in [0.2, 0.25) is 0 Å². The molecular weight excluding hydrogens is 274 g/mol. The van der Waals surface area contributed by atoms with E-state index < -0.39 is 10.8 Å². The van der Waals surface area contributed by atoms with Crippen molar-refractivity contribution >= 4 is 22.1 Å². The minimum atomic E-state index is -0.942. The van der Waals surface area contributed by atoms with Crippen LogP contribution in [0.25, 0.3) is 0 Å². The molecule has 4 heteroatoms. The van der Waals surface area contributed by atoms with Crippen LogP contribution < -0.4 is 5.32 Å². The Morgan fingerprint density at radius 1 is 1.32 bits per heavy atom. The zero-order valence-electron chi connectivity index (χ0n) is 11.5. The van der Waals surface area contributed by atoms with E-state index in [1.54, 1.807) is 11.3 Å². The van der Waals surface area contributed by atoms with E-state index in [4.69, 9.17) is 0 Å². The summed E-state index contributed by atoms with van der Waals surface area (Å²) < 4.78 is 13.3. The fraction of sp³-hybridized carbons (Fsp3) is 0.333. The van der Waals surface area contributed by atoms with Gasteiger partial charge in [0.15, 0.2) is 0 Å². The molecule has 2 rings (SSSR count). The van der Waals surface area contributed by atoms with Crippen molar-refractivity contribution in [3.63, 3.8) is 0 Å². The van der Waals surface area contributed by atoms with Gasteiger partial charge < -0.3 is 5.32 Å². The smallest absolute Gasteiger partial charge is 0.0911 e. The van der Waals surface area contributed by atoms with Crippen molar-refractivity contribution in [2.24, 2.45) is 0 Å². The van der Waals surface area contributed by atoms with E-state index in [1.165, 1.54) is 16.7 Å². The SMILES string of the molecule is CNC(CS(=O)c1cccs1)c1cc(C)ccc1C. The van der Waals surface area contributed by atoms with Gasteiger partial charge in [0, 0.05) is 11.8 Å². The zero-order valence-corrected chi connectivity index (χ0v) is 13.1. The Kier molecular flexibility index (Phi) is 4.91. The van der Waals surface area contributed by atoms with Crippen molar-refractivity contribution in [3.05, 3.63) is 52.4 Å². The van der Waals surface area contributed by atoms with E-state index in [2.05, 4.69) is 37.4 Å². The molecule has 1 heterocycles. The summed E-state index contributed by atoms with van der Waals surface area (Å²) in [5.74, 6) is 0.612. The second-order valence-electron chi connectivity index (χ2n) is 4.65. The molecule has 2 unspecified atom stereocenters. The minimum Gasteiger partial charge on any atom is -0.312 e. The van der Waals surface area contributed by atoms with Gasteiger partial charge in [-0.25, -0.2) is 0 Å². The van der Waals surface area contributed by atoms with Gasteiger partial charge in [0.2, 0.25) is 0 Å². The number of thiophene rings is 1. The minimum absolute atomic E-state index is 0.128. The first-order valence-corrected chi connectivity index (χ1v) is 8.48. The van der Waals surface area contributed by atoms with E-state index in [0.29, 0.717) is 5.75 Å². The van der Waals surface area contributed by atoms with E-state index >= 15 is 0 Å². The molecule has 0 saturated carbocycles. The van der Waals surface area contributed by atoms with Gasteiger partial charge >= 0.3 is 0 Å². The van der Waals surface area contributed by atoms with Crippen LogP contribution >= 0.6 is 11.3 Å². The summed E-state index contributed by atoms with van der Waals surface area (Å²) in [7, 11) is 0.987. The van der Waals surface area contributed by atoms with Gasteiger partial charge in [-0.2, -0.15) is 0 Å². The summed E-state index contributed by atoms with van der Waals surface area (Å²) in [6, 6.07) is 10.4. The Hall–Kier alpha value is -0.970. The van der Waals surface area contributed by atoms with Gasteiger partial charge in [0.05, 0.1) is 15.0 Å². The van der Waals surface area contributed by atoms with E-state index in [9.17, 15) is 4.21 Å². The Bertz CT molecular complexity index is 564. The molecule has 2 atom stereocenters. The third-order valence-corrected chi connectivity index (χ3v) is 5.93. The number of rotatable bonds is 5. The Balaban J connectivity index is 2.20. The number of hydrogen-bond donors (Lipinski definition) is 1. The third kappa shape index (κ3) is 3.53. The van der Waals surface area contributed by atoms with Crippen molar-refractivity contribution in [2.75, 3.05) is 12.8 Å². The quantitative estimate of drug-likeness (QED) is 0.915. The molecule has 2 nitrogen and oxygen atoms in total. The molecule has 0 aliphatic heterocycles. The van der Waals surface area contributed by atoms with Gasteiger partial charge in [-0.3, -0.25) is 4.21 Å². The molecule has 102 valence electrons. The summed E-state index contributed by atoms with van der Waals surface area (Å²) >= 11 is 1.56. The predicted molar refractivity (Wildman–Crippen MR) is 83.3 cm³/mol. The Labute approximate surface area is 121 Å². The fourth-order valence-electron chi connectivity index (χ4n) is 2.09. The number of hydrogen-bond acceptors (Lipinski definition) is 3. The lowest BCUT2D eigenvalue weighted by atomic mass is 10.0. The summed E-state index contributed by atoms with van der Waals surface area (Å²) in [6.07, 6.45) is 0. The molecule has 19 heavy (non-hydrogen) atoms. The highest BCUT2D eigenvalue weighted by Crippen LogP contribution is 2.23. The van der Waals surface area contributed by atoms with E-state index in [-0.39, 0.29) is 6.04 Å². The predicted octanol–water partition coefficient (Wildman–Crippen LogP) is 3.43. The van der Waals surface area contributed by atoms with Crippen LogP contribution in [-0.2, 0) is 10.8 Å². The van der Waals surface area contributed by atoms with Crippen molar-refractivity contribution in [1.29, 1.82) is 0 Å². The second kappa shape index (κ2) is 6.46. The molecule has 0 radical (unpaired) electrons. The first kappa shape index (κ1) is 14.4. The molecule has 0 spiro atoms. The van der Waals surface area contributed by atoms with Gasteiger partial charge in [0.1, 0.15) is 0 Å². The Morgan fingerprint density at radius 3 is 2.74 bits per heavy atom. The molecular formula is C15H19NOS2. The summed E-state index contributed by atoms with van der Waals surface area (Å²) in [4.78, 5) is 0. The van der Waals surface area contributed by atoms with Crippen LogP contribution in [0.3, 0.4) is 0 Å². The molecule has 0 fully saturated rings. The normalized spacial score (nSPS) is 14.3. The lowest BCUT2D eigenvalue weighted by Gasteiger charge is -2.18. The van der Waals surface area contributed by atoms with E-state index in [1.807, 2.05) is 24.6 Å². The molecule has 0 aliphatic rings. The number of benzene rings is 1. The highest BCUT2D eigenvalue weighted by Gasteiger charge is 2.17. The first-order valence-electron chi connectivity index (χ1n) is 6.28. The topological polar surface area (TPSA) is 29.1 Å². The van der Waals surface area contributed by atoms with Gasteiger partial charge in [0.25, 0.3) is 0 Å². The molecule has 1 aromatic carbocycles. The van der Waals surface area contributed by atoms with Crippen LogP contribution in [0.15, 0.2) is 39.9 Å². The summed E-state index contributed by atoms with van der Waals surface area (Å²) in [5.41, 5.74) is 3.73. The van der Waals surface area contributed by atoms with Gasteiger partial charge in [-0.05, 0) is 43.5 Å². The highest BCUT2D eigenvalue weighted by molar-refractivity contribution is 7.87. The number of aryl methyl sites for hydroxylation is 2. The first-order chi connectivity index (χ1) is 9.11.